The van der Waals surface area contributed by atoms with Crippen molar-refractivity contribution in [3.63, 3.8) is 0 Å². The summed E-state index contributed by atoms with van der Waals surface area (Å²) in [6.45, 7) is 5.63. The lowest BCUT2D eigenvalue weighted by Crippen LogP contribution is -2.27. The maximum absolute atomic E-state index is 11.7. The van der Waals surface area contributed by atoms with E-state index in [2.05, 4.69) is 24.1 Å². The Morgan fingerprint density at radius 3 is 2.79 bits per heavy atom. The van der Waals surface area contributed by atoms with Crippen molar-refractivity contribution in [2.45, 2.75) is 39.5 Å². The summed E-state index contributed by atoms with van der Waals surface area (Å²) in [6.07, 6.45) is 4.94. The number of rotatable bonds is 8. The number of nitrogens with two attached hydrogens (primary N) is 1. The Morgan fingerprint density at radius 1 is 1.37 bits per heavy atom. The zero-order valence-electron chi connectivity index (χ0n) is 12.0. The standard InChI is InChI=1S/C15H25N3O/c1-15(2,9-10-16)8-6-14(19)18-12-7-13-5-3-4-11-17-13/h3-5,11H,6-10,12,16H2,1-2H3,(H,18,19). The second-order valence-corrected chi connectivity index (χ2v) is 5.62. The van der Waals surface area contributed by atoms with Crippen LogP contribution in [0.25, 0.3) is 0 Å². The molecule has 1 aromatic heterocycles. The number of hydrogen-bond donors (Lipinski definition) is 2. The Kier molecular flexibility index (Phi) is 6.50. The minimum atomic E-state index is 0.112. The molecule has 3 N–H and O–H groups in total. The van der Waals surface area contributed by atoms with E-state index in [1.807, 2.05) is 18.2 Å². The van der Waals surface area contributed by atoms with Crippen LogP contribution in [-0.4, -0.2) is 24.0 Å². The molecule has 0 aliphatic rings. The molecular weight excluding hydrogens is 238 g/mol. The number of carbonyl (C=O) groups is 1. The molecule has 0 saturated carbocycles. The molecule has 0 saturated heterocycles. The van der Waals surface area contributed by atoms with E-state index in [-0.39, 0.29) is 11.3 Å². The fourth-order valence-corrected chi connectivity index (χ4v) is 1.93. The van der Waals surface area contributed by atoms with Gasteiger partial charge in [0.1, 0.15) is 0 Å². The molecule has 0 unspecified atom stereocenters. The summed E-state index contributed by atoms with van der Waals surface area (Å²) in [5.41, 5.74) is 6.71. The molecule has 4 heteroatoms. The largest absolute Gasteiger partial charge is 0.356 e. The second-order valence-electron chi connectivity index (χ2n) is 5.62. The lowest BCUT2D eigenvalue weighted by atomic mass is 9.84. The van der Waals surface area contributed by atoms with Gasteiger partial charge in [-0.2, -0.15) is 0 Å². The summed E-state index contributed by atoms with van der Waals surface area (Å²) in [7, 11) is 0. The van der Waals surface area contributed by atoms with Gasteiger partial charge in [-0.3, -0.25) is 9.78 Å². The number of carbonyl (C=O) groups excluding carboxylic acids is 1. The average molecular weight is 263 g/mol. The van der Waals surface area contributed by atoms with Crippen molar-refractivity contribution < 1.29 is 4.79 Å². The molecule has 0 radical (unpaired) electrons. The molecule has 0 aliphatic carbocycles. The van der Waals surface area contributed by atoms with Crippen LogP contribution in [-0.2, 0) is 11.2 Å². The van der Waals surface area contributed by atoms with Crippen LogP contribution in [0.5, 0.6) is 0 Å². The first-order valence-corrected chi connectivity index (χ1v) is 6.90. The van der Waals surface area contributed by atoms with Crippen molar-refractivity contribution in [2.24, 2.45) is 11.1 Å². The van der Waals surface area contributed by atoms with E-state index in [0.29, 0.717) is 19.5 Å². The normalized spacial score (nSPS) is 11.3. The number of aromatic nitrogens is 1. The Morgan fingerprint density at radius 2 is 2.16 bits per heavy atom. The Balaban J connectivity index is 2.18. The van der Waals surface area contributed by atoms with E-state index in [9.17, 15) is 4.79 Å². The quantitative estimate of drug-likeness (QED) is 0.752. The van der Waals surface area contributed by atoms with Gasteiger partial charge >= 0.3 is 0 Å². The van der Waals surface area contributed by atoms with E-state index >= 15 is 0 Å². The van der Waals surface area contributed by atoms with Gasteiger partial charge in [0.2, 0.25) is 5.91 Å². The van der Waals surface area contributed by atoms with Gasteiger partial charge in [-0.1, -0.05) is 19.9 Å². The predicted molar refractivity (Wildman–Crippen MR) is 77.6 cm³/mol. The number of pyridine rings is 1. The third-order valence-corrected chi connectivity index (χ3v) is 3.28. The number of nitrogens with one attached hydrogen (secondary N) is 1. The lowest BCUT2D eigenvalue weighted by molar-refractivity contribution is -0.121. The molecule has 19 heavy (non-hydrogen) atoms. The van der Waals surface area contributed by atoms with Gasteiger partial charge in [-0.25, -0.2) is 0 Å². The summed E-state index contributed by atoms with van der Waals surface area (Å²) in [6, 6.07) is 5.82. The molecule has 0 aliphatic heterocycles. The topological polar surface area (TPSA) is 68.0 Å². The molecular formula is C15H25N3O. The summed E-state index contributed by atoms with van der Waals surface area (Å²) >= 11 is 0. The number of hydrogen-bond acceptors (Lipinski definition) is 3. The first kappa shape index (κ1) is 15.6. The highest BCUT2D eigenvalue weighted by Crippen LogP contribution is 2.25. The van der Waals surface area contributed by atoms with Gasteiger partial charge in [0, 0.05) is 31.3 Å². The van der Waals surface area contributed by atoms with E-state index < -0.39 is 0 Å². The smallest absolute Gasteiger partial charge is 0.220 e. The summed E-state index contributed by atoms with van der Waals surface area (Å²) < 4.78 is 0. The van der Waals surface area contributed by atoms with Crippen LogP contribution in [0.1, 0.15) is 38.8 Å². The molecule has 1 amide bonds. The first-order chi connectivity index (χ1) is 9.03. The van der Waals surface area contributed by atoms with Crippen LogP contribution in [0.2, 0.25) is 0 Å². The van der Waals surface area contributed by atoms with E-state index in [0.717, 1.165) is 25.0 Å². The zero-order chi connectivity index (χ0) is 14.1. The van der Waals surface area contributed by atoms with Crippen molar-refractivity contribution >= 4 is 5.91 Å². The highest BCUT2D eigenvalue weighted by molar-refractivity contribution is 5.75. The molecule has 0 spiro atoms. The van der Waals surface area contributed by atoms with Gasteiger partial charge in [0.25, 0.3) is 0 Å². The molecule has 0 atom stereocenters. The molecule has 1 aromatic rings. The highest BCUT2D eigenvalue weighted by Gasteiger charge is 2.17. The van der Waals surface area contributed by atoms with Gasteiger partial charge in [0.15, 0.2) is 0 Å². The average Bonchev–Trinajstić information content (AvgIpc) is 2.38. The van der Waals surface area contributed by atoms with Crippen molar-refractivity contribution in [2.75, 3.05) is 13.1 Å². The summed E-state index contributed by atoms with van der Waals surface area (Å²) in [5, 5.41) is 2.94. The van der Waals surface area contributed by atoms with Crippen molar-refractivity contribution in [3.05, 3.63) is 30.1 Å². The molecule has 0 bridgehead atoms. The van der Waals surface area contributed by atoms with E-state index in [1.165, 1.54) is 0 Å². The van der Waals surface area contributed by atoms with E-state index in [1.54, 1.807) is 6.20 Å². The van der Waals surface area contributed by atoms with Gasteiger partial charge in [-0.05, 0) is 36.9 Å². The molecule has 106 valence electrons. The highest BCUT2D eigenvalue weighted by atomic mass is 16.1. The van der Waals surface area contributed by atoms with Crippen LogP contribution >= 0.6 is 0 Å². The van der Waals surface area contributed by atoms with Crippen molar-refractivity contribution in [1.29, 1.82) is 0 Å². The van der Waals surface area contributed by atoms with Gasteiger partial charge in [-0.15, -0.1) is 0 Å². The molecule has 1 rings (SSSR count). The molecule has 0 aromatic carbocycles. The third-order valence-electron chi connectivity index (χ3n) is 3.28. The SMILES string of the molecule is CC(C)(CCN)CCC(=O)NCCc1ccccn1. The second kappa shape index (κ2) is 7.89. The van der Waals surface area contributed by atoms with Crippen LogP contribution < -0.4 is 11.1 Å². The first-order valence-electron chi connectivity index (χ1n) is 6.90. The third kappa shape index (κ3) is 6.91. The minimum absolute atomic E-state index is 0.112. The van der Waals surface area contributed by atoms with Crippen molar-refractivity contribution in [1.82, 2.24) is 10.3 Å². The van der Waals surface area contributed by atoms with Gasteiger partial charge < -0.3 is 11.1 Å². The fraction of sp³-hybridized carbons (Fsp3) is 0.600. The zero-order valence-corrected chi connectivity index (χ0v) is 12.0. The molecule has 0 fully saturated rings. The van der Waals surface area contributed by atoms with Crippen LogP contribution in [0.3, 0.4) is 0 Å². The van der Waals surface area contributed by atoms with Gasteiger partial charge in [0.05, 0.1) is 0 Å². The molecule has 4 nitrogen and oxygen atoms in total. The number of amides is 1. The van der Waals surface area contributed by atoms with Crippen LogP contribution in [0.15, 0.2) is 24.4 Å². The predicted octanol–water partition coefficient (Wildman–Crippen LogP) is 1.90. The van der Waals surface area contributed by atoms with Crippen LogP contribution in [0, 0.1) is 5.41 Å². The summed E-state index contributed by atoms with van der Waals surface area (Å²) in [4.78, 5) is 15.9. The van der Waals surface area contributed by atoms with Crippen molar-refractivity contribution in [3.8, 4) is 0 Å². The monoisotopic (exact) mass is 263 g/mol. The lowest BCUT2D eigenvalue weighted by Gasteiger charge is -2.23. The Labute approximate surface area is 115 Å². The maximum atomic E-state index is 11.7. The number of nitrogens with zero attached hydrogens (tertiary/aromatic N) is 1. The maximum Gasteiger partial charge on any atom is 0.220 e. The fourth-order valence-electron chi connectivity index (χ4n) is 1.93. The minimum Gasteiger partial charge on any atom is -0.356 e. The Hall–Kier alpha value is -1.42. The van der Waals surface area contributed by atoms with E-state index in [4.69, 9.17) is 5.73 Å². The van der Waals surface area contributed by atoms with Crippen LogP contribution in [0.4, 0.5) is 0 Å². The Bertz CT molecular complexity index is 376. The summed E-state index contributed by atoms with van der Waals surface area (Å²) in [5.74, 6) is 0.112. The molecule has 1 heterocycles.